The molecule has 0 spiro atoms. The van der Waals surface area contributed by atoms with Gasteiger partial charge in [-0.2, -0.15) is 0 Å². The van der Waals surface area contributed by atoms with E-state index >= 15 is 0 Å². The van der Waals surface area contributed by atoms with Crippen LogP contribution < -0.4 is 4.74 Å². The molecule has 2 aromatic carbocycles. The van der Waals surface area contributed by atoms with E-state index < -0.39 is 0 Å². The molecule has 3 aromatic rings. The minimum absolute atomic E-state index is 0.0450. The van der Waals surface area contributed by atoms with Gasteiger partial charge in [-0.05, 0) is 36.8 Å². The molecule has 0 saturated heterocycles. The number of ketones is 1. The molecule has 0 aliphatic heterocycles. The van der Waals surface area contributed by atoms with E-state index in [9.17, 15) is 4.79 Å². The third-order valence-corrected chi connectivity index (χ3v) is 5.62. The molecule has 0 aliphatic rings. The summed E-state index contributed by atoms with van der Waals surface area (Å²) in [5.74, 6) is 1.63. The van der Waals surface area contributed by atoms with Crippen molar-refractivity contribution < 1.29 is 14.3 Å². The molecule has 0 bridgehead atoms. The molecular formula is C22H25N3O3S. The second kappa shape index (κ2) is 10.2. The van der Waals surface area contributed by atoms with Crippen LogP contribution in [0.3, 0.4) is 0 Å². The van der Waals surface area contributed by atoms with Gasteiger partial charge in [-0.1, -0.05) is 42.1 Å². The van der Waals surface area contributed by atoms with E-state index in [1.807, 2.05) is 29.7 Å². The Balaban J connectivity index is 1.76. The number of aromatic nitrogens is 3. The summed E-state index contributed by atoms with van der Waals surface area (Å²) in [5, 5.41) is 9.17. The molecule has 6 nitrogen and oxygen atoms in total. The zero-order valence-corrected chi connectivity index (χ0v) is 17.7. The number of methoxy groups -OCH3 is 2. The summed E-state index contributed by atoms with van der Waals surface area (Å²) >= 11 is 1.42. The third-order valence-electron chi connectivity index (χ3n) is 4.54. The lowest BCUT2D eigenvalue weighted by molar-refractivity contribution is 0.0994. The number of Topliss-reactive ketones (excluding diaryl/α,β-unsaturated/α-hetero) is 1. The van der Waals surface area contributed by atoms with Gasteiger partial charge in [0.15, 0.2) is 10.9 Å². The molecule has 1 aromatic heterocycles. The number of hydrogen-bond acceptors (Lipinski definition) is 6. The van der Waals surface area contributed by atoms with Crippen LogP contribution in [0, 0.1) is 0 Å². The minimum atomic E-state index is -0.293. The fraction of sp³-hybridized carbons (Fsp3) is 0.318. The van der Waals surface area contributed by atoms with E-state index in [2.05, 4.69) is 22.3 Å². The first-order valence-corrected chi connectivity index (χ1v) is 10.3. The van der Waals surface area contributed by atoms with Crippen molar-refractivity contribution in [1.29, 1.82) is 0 Å². The lowest BCUT2D eigenvalue weighted by atomic mass is 10.1. The first-order valence-electron chi connectivity index (χ1n) is 9.42. The number of carbonyl (C=O) groups is 1. The molecule has 7 heteroatoms. The van der Waals surface area contributed by atoms with Crippen molar-refractivity contribution >= 4 is 17.5 Å². The van der Waals surface area contributed by atoms with Gasteiger partial charge in [0, 0.05) is 25.6 Å². The molecular weight excluding hydrogens is 386 g/mol. The van der Waals surface area contributed by atoms with Crippen LogP contribution in [0.2, 0.25) is 0 Å². The van der Waals surface area contributed by atoms with Gasteiger partial charge < -0.3 is 14.0 Å². The van der Waals surface area contributed by atoms with Crippen LogP contribution in [-0.2, 0) is 17.7 Å². The number of rotatable bonds is 10. The number of benzene rings is 2. The van der Waals surface area contributed by atoms with Gasteiger partial charge in [0.1, 0.15) is 11.6 Å². The van der Waals surface area contributed by atoms with Crippen molar-refractivity contribution in [3.63, 3.8) is 0 Å². The lowest BCUT2D eigenvalue weighted by Gasteiger charge is -2.13. The Morgan fingerprint density at radius 3 is 2.45 bits per heavy atom. The molecule has 0 amide bonds. The topological polar surface area (TPSA) is 66.2 Å². The Morgan fingerprint density at radius 2 is 1.79 bits per heavy atom. The summed E-state index contributed by atoms with van der Waals surface area (Å²) in [7, 11) is 3.28. The Kier molecular flexibility index (Phi) is 7.43. The van der Waals surface area contributed by atoms with E-state index in [1.165, 1.54) is 11.8 Å². The molecule has 0 fully saturated rings. The lowest BCUT2D eigenvalue weighted by Crippen LogP contribution is -2.16. The maximum atomic E-state index is 12.8. The summed E-state index contributed by atoms with van der Waals surface area (Å²) < 4.78 is 12.5. The zero-order chi connectivity index (χ0) is 20.6. The second-order valence-corrected chi connectivity index (χ2v) is 7.87. The average molecular weight is 412 g/mol. The van der Waals surface area contributed by atoms with Crippen molar-refractivity contribution in [1.82, 2.24) is 14.8 Å². The number of thioether (sulfide) groups is 1. The predicted molar refractivity (Wildman–Crippen MR) is 114 cm³/mol. The Morgan fingerprint density at radius 1 is 1.07 bits per heavy atom. The van der Waals surface area contributed by atoms with E-state index in [4.69, 9.17) is 9.47 Å². The quantitative estimate of drug-likeness (QED) is 0.373. The van der Waals surface area contributed by atoms with Gasteiger partial charge in [0.05, 0.1) is 19.0 Å². The fourth-order valence-corrected chi connectivity index (χ4v) is 3.90. The van der Waals surface area contributed by atoms with Crippen LogP contribution in [0.25, 0.3) is 0 Å². The first kappa shape index (κ1) is 21.1. The largest absolute Gasteiger partial charge is 0.497 e. The molecule has 0 saturated carbocycles. The molecule has 0 N–H and O–H groups in total. The summed E-state index contributed by atoms with van der Waals surface area (Å²) in [5.41, 5.74) is 1.82. The van der Waals surface area contributed by atoms with Crippen molar-refractivity contribution in [3.8, 4) is 5.75 Å². The first-order chi connectivity index (χ1) is 14.1. The van der Waals surface area contributed by atoms with Crippen molar-refractivity contribution in [2.24, 2.45) is 0 Å². The molecule has 0 radical (unpaired) electrons. The monoisotopic (exact) mass is 411 g/mol. The smallest absolute Gasteiger partial charge is 0.192 e. The SMILES string of the molecule is COCCn1c(Cc2ccccc2)nnc1S[C@H](C)C(=O)c1ccc(OC)cc1. The van der Waals surface area contributed by atoms with E-state index in [0.29, 0.717) is 25.1 Å². The van der Waals surface area contributed by atoms with Crippen LogP contribution in [0.15, 0.2) is 59.8 Å². The Hall–Kier alpha value is -2.64. The number of hydrogen-bond donors (Lipinski definition) is 0. The average Bonchev–Trinajstić information content (AvgIpc) is 3.13. The zero-order valence-electron chi connectivity index (χ0n) is 16.9. The summed E-state index contributed by atoms with van der Waals surface area (Å²) in [6.07, 6.45) is 0.679. The van der Waals surface area contributed by atoms with Gasteiger partial charge in [-0.25, -0.2) is 0 Å². The highest BCUT2D eigenvalue weighted by atomic mass is 32.2. The molecule has 0 aliphatic carbocycles. The van der Waals surface area contributed by atoms with Crippen molar-refractivity contribution in [2.45, 2.75) is 30.3 Å². The van der Waals surface area contributed by atoms with Gasteiger partial charge in [-0.15, -0.1) is 10.2 Å². The van der Waals surface area contributed by atoms with Crippen LogP contribution in [-0.4, -0.2) is 46.6 Å². The minimum Gasteiger partial charge on any atom is -0.497 e. The number of carbonyl (C=O) groups excluding carboxylic acids is 1. The maximum absolute atomic E-state index is 12.8. The predicted octanol–water partition coefficient (Wildman–Crippen LogP) is 3.89. The number of nitrogens with zero attached hydrogens (tertiary/aromatic N) is 3. The molecule has 29 heavy (non-hydrogen) atoms. The molecule has 152 valence electrons. The molecule has 0 unspecified atom stereocenters. The van der Waals surface area contributed by atoms with Crippen LogP contribution in [0.4, 0.5) is 0 Å². The third kappa shape index (κ3) is 5.46. The summed E-state index contributed by atoms with van der Waals surface area (Å²) in [6.45, 7) is 3.08. The molecule has 3 rings (SSSR count). The fourth-order valence-electron chi connectivity index (χ4n) is 2.92. The van der Waals surface area contributed by atoms with Crippen molar-refractivity contribution in [2.75, 3.05) is 20.8 Å². The summed E-state index contributed by atoms with van der Waals surface area (Å²) in [4.78, 5) is 12.8. The van der Waals surface area contributed by atoms with Gasteiger partial charge in [-0.3, -0.25) is 4.79 Å². The van der Waals surface area contributed by atoms with E-state index in [1.54, 1.807) is 38.5 Å². The van der Waals surface area contributed by atoms with Crippen LogP contribution in [0.5, 0.6) is 5.75 Å². The van der Waals surface area contributed by atoms with Crippen LogP contribution >= 0.6 is 11.8 Å². The Labute approximate surface area is 175 Å². The standard InChI is InChI=1S/C22H25N3O3S/c1-16(21(26)18-9-11-19(28-3)12-10-18)29-22-24-23-20(25(22)13-14-27-2)15-17-7-5-4-6-8-17/h4-12,16H,13-15H2,1-3H3/t16-/m1/s1. The van der Waals surface area contributed by atoms with Gasteiger partial charge in [0.25, 0.3) is 0 Å². The van der Waals surface area contributed by atoms with Crippen molar-refractivity contribution in [3.05, 3.63) is 71.5 Å². The van der Waals surface area contributed by atoms with Crippen LogP contribution in [0.1, 0.15) is 28.7 Å². The van der Waals surface area contributed by atoms with E-state index in [-0.39, 0.29) is 11.0 Å². The molecule has 1 atom stereocenters. The van der Waals surface area contributed by atoms with E-state index in [0.717, 1.165) is 22.3 Å². The number of ether oxygens (including phenoxy) is 2. The normalized spacial score (nSPS) is 12.0. The highest BCUT2D eigenvalue weighted by molar-refractivity contribution is 8.00. The highest BCUT2D eigenvalue weighted by Crippen LogP contribution is 2.26. The second-order valence-electron chi connectivity index (χ2n) is 6.56. The van der Waals surface area contributed by atoms with Gasteiger partial charge in [0.2, 0.25) is 0 Å². The summed E-state index contributed by atoms with van der Waals surface area (Å²) in [6, 6.07) is 17.3. The Bertz CT molecular complexity index is 926. The molecule has 1 heterocycles. The highest BCUT2D eigenvalue weighted by Gasteiger charge is 2.21. The maximum Gasteiger partial charge on any atom is 0.192 e. The van der Waals surface area contributed by atoms with Gasteiger partial charge >= 0.3 is 0 Å².